The van der Waals surface area contributed by atoms with E-state index in [0.717, 1.165) is 5.56 Å². The Kier molecular flexibility index (Phi) is 11.8. The molecule has 0 spiro atoms. The van der Waals surface area contributed by atoms with Gasteiger partial charge in [-0.25, -0.2) is 9.59 Å². The molecular formula is C27H41N3O7. The minimum atomic E-state index is -1.04. The summed E-state index contributed by atoms with van der Waals surface area (Å²) in [7, 11) is 1.29. The Hall–Kier alpha value is -3.14. The highest BCUT2D eigenvalue weighted by Crippen LogP contribution is 2.21. The number of methoxy groups -OCH3 is 1. The van der Waals surface area contributed by atoms with Gasteiger partial charge in [-0.1, -0.05) is 30.3 Å². The van der Waals surface area contributed by atoms with Crippen LogP contribution in [0.25, 0.3) is 0 Å². The number of ether oxygens (including phenoxy) is 2. The number of nitrogens with zero attached hydrogens (tertiary/aromatic N) is 1. The van der Waals surface area contributed by atoms with E-state index >= 15 is 0 Å². The highest BCUT2D eigenvalue weighted by atomic mass is 16.6. The van der Waals surface area contributed by atoms with Crippen LogP contribution >= 0.6 is 0 Å². The third-order valence-corrected chi connectivity index (χ3v) is 6.16. The van der Waals surface area contributed by atoms with Crippen molar-refractivity contribution in [3.63, 3.8) is 0 Å². The van der Waals surface area contributed by atoms with Crippen LogP contribution < -0.4 is 10.6 Å². The second-order valence-electron chi connectivity index (χ2n) is 10.3. The van der Waals surface area contributed by atoms with E-state index in [1.807, 2.05) is 30.3 Å². The smallest absolute Gasteiger partial charge is 0.407 e. The molecular weight excluding hydrogens is 478 g/mol. The summed E-state index contributed by atoms with van der Waals surface area (Å²) in [6.07, 6.45) is 3.02. The molecule has 1 unspecified atom stereocenters. The van der Waals surface area contributed by atoms with Crippen LogP contribution in [-0.4, -0.2) is 77.9 Å². The van der Waals surface area contributed by atoms with Crippen LogP contribution in [0.4, 0.5) is 4.79 Å². The zero-order valence-electron chi connectivity index (χ0n) is 22.3. The molecule has 1 aliphatic heterocycles. The molecule has 0 aromatic heterocycles. The summed E-state index contributed by atoms with van der Waals surface area (Å²) in [6, 6.07) is 7.18. The first-order valence-corrected chi connectivity index (χ1v) is 12.9. The Bertz CT molecular complexity index is 901. The number of alkyl carbamates (subject to hydrolysis) is 1. The van der Waals surface area contributed by atoms with Gasteiger partial charge < -0.3 is 24.8 Å². The maximum absolute atomic E-state index is 13.5. The van der Waals surface area contributed by atoms with Crippen LogP contribution in [0.2, 0.25) is 0 Å². The Labute approximate surface area is 219 Å². The van der Waals surface area contributed by atoms with Crippen LogP contribution in [0.3, 0.4) is 0 Å². The van der Waals surface area contributed by atoms with Crippen LogP contribution in [0.5, 0.6) is 0 Å². The summed E-state index contributed by atoms with van der Waals surface area (Å²) in [5, 5.41) is 15.6. The van der Waals surface area contributed by atoms with Gasteiger partial charge in [-0.2, -0.15) is 0 Å². The number of unbranched alkanes of at least 4 members (excludes halogenated alkanes) is 1. The molecule has 1 aromatic rings. The van der Waals surface area contributed by atoms with Gasteiger partial charge in [0.2, 0.25) is 5.91 Å². The molecule has 1 saturated heterocycles. The fraction of sp³-hybridized carbons (Fsp3) is 0.630. The summed E-state index contributed by atoms with van der Waals surface area (Å²) in [5.74, 6) is -1.81. The number of likely N-dealkylation sites (tertiary alicyclic amines) is 1. The van der Waals surface area contributed by atoms with Crippen molar-refractivity contribution in [2.45, 2.75) is 89.4 Å². The topological polar surface area (TPSA) is 134 Å². The summed E-state index contributed by atoms with van der Waals surface area (Å²) in [5.41, 5.74) is 0.417. The van der Waals surface area contributed by atoms with E-state index in [-0.39, 0.29) is 5.91 Å². The predicted molar refractivity (Wildman–Crippen MR) is 138 cm³/mol. The minimum Gasteiger partial charge on any atom is -0.480 e. The molecule has 3 N–H and O–H groups in total. The van der Waals surface area contributed by atoms with Gasteiger partial charge in [0.05, 0.1) is 13.2 Å². The molecule has 0 bridgehead atoms. The molecule has 1 heterocycles. The van der Waals surface area contributed by atoms with E-state index in [0.29, 0.717) is 58.0 Å². The summed E-state index contributed by atoms with van der Waals surface area (Å²) in [4.78, 5) is 51.2. The van der Waals surface area contributed by atoms with Crippen LogP contribution in [0, 0.1) is 0 Å². The Morgan fingerprint density at radius 1 is 1.08 bits per heavy atom. The van der Waals surface area contributed by atoms with Gasteiger partial charge in [-0.3, -0.25) is 14.9 Å². The molecule has 37 heavy (non-hydrogen) atoms. The number of carboxylic acid groups (broad SMARTS) is 1. The Balaban J connectivity index is 2.04. The van der Waals surface area contributed by atoms with Gasteiger partial charge in [-0.05, 0) is 71.3 Å². The average molecular weight is 520 g/mol. The van der Waals surface area contributed by atoms with E-state index in [9.17, 15) is 24.3 Å². The van der Waals surface area contributed by atoms with E-state index in [4.69, 9.17) is 9.47 Å². The molecule has 206 valence electrons. The van der Waals surface area contributed by atoms with Crippen molar-refractivity contribution in [1.82, 2.24) is 15.5 Å². The lowest BCUT2D eigenvalue weighted by molar-refractivity contribution is -0.152. The van der Waals surface area contributed by atoms with Gasteiger partial charge in [-0.15, -0.1) is 0 Å². The second kappa shape index (κ2) is 14.6. The first-order chi connectivity index (χ1) is 17.5. The molecule has 2 rings (SSSR count). The number of aliphatic carboxylic acids is 1. The van der Waals surface area contributed by atoms with Crippen molar-refractivity contribution >= 4 is 23.9 Å². The zero-order valence-corrected chi connectivity index (χ0v) is 22.3. The number of amides is 2. The number of esters is 1. The van der Waals surface area contributed by atoms with Crippen LogP contribution in [0.15, 0.2) is 30.3 Å². The fourth-order valence-electron chi connectivity index (χ4n) is 4.34. The highest BCUT2D eigenvalue weighted by Gasteiger charge is 2.38. The molecule has 1 fully saturated rings. The summed E-state index contributed by atoms with van der Waals surface area (Å²) >= 11 is 0. The Morgan fingerprint density at radius 2 is 1.78 bits per heavy atom. The maximum atomic E-state index is 13.5. The van der Waals surface area contributed by atoms with Crippen molar-refractivity contribution in [3.8, 4) is 0 Å². The molecule has 2 amide bonds. The van der Waals surface area contributed by atoms with E-state index in [2.05, 4.69) is 10.6 Å². The predicted octanol–water partition coefficient (Wildman–Crippen LogP) is 2.89. The van der Waals surface area contributed by atoms with Crippen LogP contribution in [0.1, 0.15) is 64.9 Å². The van der Waals surface area contributed by atoms with Crippen LogP contribution in [-0.2, 0) is 30.3 Å². The fourth-order valence-corrected chi connectivity index (χ4v) is 4.34. The summed E-state index contributed by atoms with van der Waals surface area (Å²) < 4.78 is 10.1. The number of carbonyl (C=O) groups is 4. The number of benzene rings is 1. The first kappa shape index (κ1) is 30.1. The highest BCUT2D eigenvalue weighted by molar-refractivity contribution is 5.88. The van der Waals surface area contributed by atoms with Gasteiger partial charge in [0.15, 0.2) is 0 Å². The third-order valence-electron chi connectivity index (χ3n) is 6.16. The summed E-state index contributed by atoms with van der Waals surface area (Å²) in [6.45, 7) is 6.13. The minimum absolute atomic E-state index is 0.307. The molecule has 10 heteroatoms. The molecule has 10 nitrogen and oxygen atoms in total. The van der Waals surface area contributed by atoms with Crippen molar-refractivity contribution in [2.75, 3.05) is 20.2 Å². The lowest BCUT2D eigenvalue weighted by atomic mass is 10.0. The molecule has 0 aliphatic carbocycles. The van der Waals surface area contributed by atoms with Crippen molar-refractivity contribution in [3.05, 3.63) is 35.9 Å². The zero-order chi connectivity index (χ0) is 27.4. The van der Waals surface area contributed by atoms with E-state index in [1.54, 1.807) is 20.8 Å². The second-order valence-corrected chi connectivity index (χ2v) is 10.3. The lowest BCUT2D eigenvalue weighted by Crippen LogP contribution is -2.54. The average Bonchev–Trinajstić information content (AvgIpc) is 3.33. The van der Waals surface area contributed by atoms with Gasteiger partial charge in [0.25, 0.3) is 0 Å². The normalized spacial score (nSPS) is 17.1. The van der Waals surface area contributed by atoms with E-state index < -0.39 is 41.8 Å². The first-order valence-electron chi connectivity index (χ1n) is 12.9. The molecule has 1 aliphatic rings. The molecule has 0 saturated carbocycles. The SMILES string of the molecule is COC(=O)[C@@H]1CCCN1C(=O)[C@H](CCCCNC(=O)OC(C)(C)C)NC(CCc1ccccc1)C(=O)O. The number of carboxylic acids is 1. The number of rotatable bonds is 13. The van der Waals surface area contributed by atoms with Gasteiger partial charge in [0.1, 0.15) is 17.7 Å². The number of nitrogens with one attached hydrogen (secondary N) is 2. The van der Waals surface area contributed by atoms with E-state index in [1.165, 1.54) is 12.0 Å². The number of carbonyl (C=O) groups excluding carboxylic acids is 3. The number of hydrogen-bond donors (Lipinski definition) is 3. The maximum Gasteiger partial charge on any atom is 0.407 e. The van der Waals surface area contributed by atoms with Gasteiger partial charge >= 0.3 is 18.0 Å². The third kappa shape index (κ3) is 10.4. The number of hydrogen-bond acceptors (Lipinski definition) is 7. The van der Waals surface area contributed by atoms with Gasteiger partial charge in [0, 0.05) is 13.1 Å². The lowest BCUT2D eigenvalue weighted by Gasteiger charge is -2.30. The monoisotopic (exact) mass is 519 g/mol. The molecule has 3 atom stereocenters. The largest absolute Gasteiger partial charge is 0.480 e. The Morgan fingerprint density at radius 3 is 2.41 bits per heavy atom. The van der Waals surface area contributed by atoms with Crippen molar-refractivity contribution in [1.29, 1.82) is 0 Å². The standard InChI is InChI=1S/C27H41N3O7/c1-27(2,3)37-26(35)28-17-9-8-13-20(23(31)30-18-10-14-22(30)25(34)36-4)29-21(24(32)33)16-15-19-11-6-5-7-12-19/h5-7,11-12,20-22,29H,8-10,13-18H2,1-4H3,(H,28,35)(H,32,33)/t20-,21?,22-/m0/s1. The molecule has 1 aromatic carbocycles. The molecule has 0 radical (unpaired) electrons. The number of aryl methyl sites for hydroxylation is 1. The van der Waals surface area contributed by atoms with Crippen molar-refractivity contribution < 1.29 is 33.8 Å². The quantitative estimate of drug-likeness (QED) is 0.268. The van der Waals surface area contributed by atoms with Crippen molar-refractivity contribution in [2.24, 2.45) is 0 Å².